The molecule has 1 aliphatic rings. The Labute approximate surface area is 104 Å². The van der Waals surface area contributed by atoms with Crippen molar-refractivity contribution in [1.82, 2.24) is 10.3 Å². The molecular weight excluding hydrogens is 238 g/mol. The molecule has 5 nitrogen and oxygen atoms in total. The summed E-state index contributed by atoms with van der Waals surface area (Å²) in [6.45, 7) is 2.91. The van der Waals surface area contributed by atoms with E-state index in [2.05, 4.69) is 10.3 Å². The highest BCUT2D eigenvalue weighted by atomic mass is 32.1. The lowest BCUT2D eigenvalue weighted by atomic mass is 9.95. The molecule has 2 rings (SSSR count). The number of ether oxygens (including phenoxy) is 1. The van der Waals surface area contributed by atoms with Crippen LogP contribution in [0.2, 0.25) is 0 Å². The third kappa shape index (κ3) is 2.95. The highest BCUT2D eigenvalue weighted by Gasteiger charge is 2.35. The van der Waals surface area contributed by atoms with Crippen LogP contribution in [0.1, 0.15) is 31.9 Å². The first kappa shape index (κ1) is 12.3. The van der Waals surface area contributed by atoms with Gasteiger partial charge >= 0.3 is 0 Å². The monoisotopic (exact) mass is 255 g/mol. The summed E-state index contributed by atoms with van der Waals surface area (Å²) < 4.78 is 5.57. The van der Waals surface area contributed by atoms with Crippen molar-refractivity contribution < 1.29 is 9.53 Å². The fourth-order valence-corrected chi connectivity index (χ4v) is 2.44. The Hall–Kier alpha value is -1.14. The van der Waals surface area contributed by atoms with Crippen molar-refractivity contribution in [3.63, 3.8) is 0 Å². The van der Waals surface area contributed by atoms with E-state index in [-0.39, 0.29) is 5.91 Å². The van der Waals surface area contributed by atoms with Gasteiger partial charge in [-0.05, 0) is 26.2 Å². The molecule has 0 aromatic carbocycles. The molecule has 1 aromatic heterocycles. The summed E-state index contributed by atoms with van der Waals surface area (Å²) in [5.41, 5.74) is 5.63. The standard InChI is InChI=1S/C11H17N3O2S/c1-11(4-2-3-5-16-11)9(15)13-6-8-7-17-10(12)14-8/h7H,2-6H2,1H3,(H2,12,14)(H,13,15)/t11-/m1/s1. The number of nitrogen functional groups attached to an aromatic ring is 1. The molecule has 1 aromatic rings. The van der Waals surface area contributed by atoms with Crippen LogP contribution < -0.4 is 11.1 Å². The third-order valence-corrected chi connectivity index (χ3v) is 3.67. The van der Waals surface area contributed by atoms with E-state index in [1.54, 1.807) is 0 Å². The van der Waals surface area contributed by atoms with Gasteiger partial charge in [0.15, 0.2) is 5.13 Å². The fourth-order valence-electron chi connectivity index (χ4n) is 1.87. The number of anilines is 1. The number of aromatic nitrogens is 1. The van der Waals surface area contributed by atoms with Gasteiger partial charge in [-0.25, -0.2) is 4.98 Å². The van der Waals surface area contributed by atoms with E-state index in [1.165, 1.54) is 11.3 Å². The number of hydrogen-bond donors (Lipinski definition) is 2. The molecule has 1 aliphatic heterocycles. The average molecular weight is 255 g/mol. The summed E-state index contributed by atoms with van der Waals surface area (Å²) in [5, 5.41) is 5.22. The first-order valence-corrected chi connectivity index (χ1v) is 6.60. The molecule has 0 spiro atoms. The maximum absolute atomic E-state index is 12.0. The van der Waals surface area contributed by atoms with Gasteiger partial charge in [-0.3, -0.25) is 4.79 Å². The van der Waals surface area contributed by atoms with Crippen LogP contribution in [0.25, 0.3) is 0 Å². The van der Waals surface area contributed by atoms with E-state index >= 15 is 0 Å². The zero-order chi connectivity index (χ0) is 12.3. The quantitative estimate of drug-likeness (QED) is 0.853. The number of thiazole rings is 1. The van der Waals surface area contributed by atoms with Gasteiger partial charge in [0, 0.05) is 12.0 Å². The molecular formula is C11H17N3O2S. The van der Waals surface area contributed by atoms with E-state index in [4.69, 9.17) is 10.5 Å². The lowest BCUT2D eigenvalue weighted by molar-refractivity contribution is -0.150. The lowest BCUT2D eigenvalue weighted by Crippen LogP contribution is -2.48. The molecule has 3 N–H and O–H groups in total. The first-order chi connectivity index (χ1) is 8.10. The number of carbonyl (C=O) groups excluding carboxylic acids is 1. The van der Waals surface area contributed by atoms with E-state index in [9.17, 15) is 4.79 Å². The lowest BCUT2D eigenvalue weighted by Gasteiger charge is -2.32. The summed E-state index contributed by atoms with van der Waals surface area (Å²) in [5.74, 6) is -0.0660. The predicted molar refractivity (Wildman–Crippen MR) is 66.6 cm³/mol. The number of amides is 1. The van der Waals surface area contributed by atoms with Crippen LogP contribution >= 0.6 is 11.3 Å². The van der Waals surface area contributed by atoms with Gasteiger partial charge < -0.3 is 15.8 Å². The average Bonchev–Trinajstić information content (AvgIpc) is 2.73. The Morgan fingerprint density at radius 1 is 1.71 bits per heavy atom. The Morgan fingerprint density at radius 2 is 2.53 bits per heavy atom. The van der Waals surface area contributed by atoms with E-state index in [0.717, 1.165) is 25.0 Å². The van der Waals surface area contributed by atoms with Gasteiger partial charge in [0.1, 0.15) is 5.60 Å². The summed E-state index contributed by atoms with van der Waals surface area (Å²) >= 11 is 1.37. The van der Waals surface area contributed by atoms with Crippen molar-refractivity contribution in [2.75, 3.05) is 12.3 Å². The second-order valence-corrected chi connectivity index (χ2v) is 5.29. The van der Waals surface area contributed by atoms with Crippen LogP contribution in [-0.4, -0.2) is 23.1 Å². The molecule has 17 heavy (non-hydrogen) atoms. The van der Waals surface area contributed by atoms with Crippen molar-refractivity contribution in [3.8, 4) is 0 Å². The van der Waals surface area contributed by atoms with Crippen molar-refractivity contribution in [2.45, 2.75) is 38.3 Å². The summed E-state index contributed by atoms with van der Waals surface area (Å²) in [6.07, 6.45) is 2.84. The van der Waals surface area contributed by atoms with E-state index < -0.39 is 5.60 Å². The zero-order valence-electron chi connectivity index (χ0n) is 9.86. The number of rotatable bonds is 3. The molecule has 1 amide bonds. The number of nitrogens with zero attached hydrogens (tertiary/aromatic N) is 1. The molecule has 1 saturated heterocycles. The largest absolute Gasteiger partial charge is 0.375 e. The van der Waals surface area contributed by atoms with Crippen molar-refractivity contribution >= 4 is 22.4 Å². The molecule has 0 unspecified atom stereocenters. The van der Waals surface area contributed by atoms with Crippen LogP contribution in [0.15, 0.2) is 5.38 Å². The minimum absolute atomic E-state index is 0.0660. The van der Waals surface area contributed by atoms with Crippen LogP contribution in [0.4, 0.5) is 5.13 Å². The van der Waals surface area contributed by atoms with Crippen LogP contribution in [0, 0.1) is 0 Å². The Morgan fingerprint density at radius 3 is 3.12 bits per heavy atom. The third-order valence-electron chi connectivity index (χ3n) is 2.95. The van der Waals surface area contributed by atoms with Gasteiger partial charge in [0.25, 0.3) is 5.91 Å². The predicted octanol–water partition coefficient (Wildman–Crippen LogP) is 1.30. The maximum Gasteiger partial charge on any atom is 0.252 e. The Kier molecular flexibility index (Phi) is 3.63. The van der Waals surface area contributed by atoms with Crippen molar-refractivity contribution in [3.05, 3.63) is 11.1 Å². The van der Waals surface area contributed by atoms with Gasteiger partial charge in [-0.15, -0.1) is 11.3 Å². The fraction of sp³-hybridized carbons (Fsp3) is 0.636. The molecule has 94 valence electrons. The Balaban J connectivity index is 1.88. The molecule has 0 bridgehead atoms. The number of nitrogens with one attached hydrogen (secondary N) is 1. The van der Waals surface area contributed by atoms with E-state index in [0.29, 0.717) is 18.3 Å². The zero-order valence-corrected chi connectivity index (χ0v) is 10.7. The summed E-state index contributed by atoms with van der Waals surface area (Å²) in [7, 11) is 0. The van der Waals surface area contributed by atoms with Crippen molar-refractivity contribution in [1.29, 1.82) is 0 Å². The van der Waals surface area contributed by atoms with Gasteiger partial charge in [0.2, 0.25) is 0 Å². The minimum atomic E-state index is -0.681. The summed E-state index contributed by atoms with van der Waals surface area (Å²) in [6, 6.07) is 0. The topological polar surface area (TPSA) is 77.2 Å². The molecule has 2 heterocycles. The van der Waals surface area contributed by atoms with Gasteiger partial charge in [-0.1, -0.05) is 0 Å². The minimum Gasteiger partial charge on any atom is -0.375 e. The SMILES string of the molecule is C[C@]1(C(=O)NCc2csc(N)n2)CCCCO1. The van der Waals surface area contributed by atoms with Crippen LogP contribution in [0.5, 0.6) is 0 Å². The molecule has 6 heteroatoms. The summed E-state index contributed by atoms with van der Waals surface area (Å²) in [4.78, 5) is 16.1. The second kappa shape index (κ2) is 5.01. The smallest absolute Gasteiger partial charge is 0.252 e. The maximum atomic E-state index is 12.0. The highest BCUT2D eigenvalue weighted by Crippen LogP contribution is 2.24. The van der Waals surface area contributed by atoms with Crippen LogP contribution in [0.3, 0.4) is 0 Å². The second-order valence-electron chi connectivity index (χ2n) is 4.40. The first-order valence-electron chi connectivity index (χ1n) is 5.72. The number of hydrogen-bond acceptors (Lipinski definition) is 5. The van der Waals surface area contributed by atoms with Gasteiger partial charge in [-0.2, -0.15) is 0 Å². The Bertz CT molecular complexity index is 399. The van der Waals surface area contributed by atoms with Crippen LogP contribution in [-0.2, 0) is 16.1 Å². The molecule has 0 saturated carbocycles. The van der Waals surface area contributed by atoms with Crippen molar-refractivity contribution in [2.24, 2.45) is 0 Å². The molecule has 1 fully saturated rings. The van der Waals surface area contributed by atoms with E-state index in [1.807, 2.05) is 12.3 Å². The molecule has 0 radical (unpaired) electrons. The number of carbonyl (C=O) groups is 1. The highest BCUT2D eigenvalue weighted by molar-refractivity contribution is 7.13. The van der Waals surface area contributed by atoms with Gasteiger partial charge in [0.05, 0.1) is 12.2 Å². The number of nitrogens with two attached hydrogens (primary N) is 1. The molecule has 0 aliphatic carbocycles. The molecule has 1 atom stereocenters. The normalized spacial score (nSPS) is 24.5.